The fourth-order valence-corrected chi connectivity index (χ4v) is 1.95. The Hall–Kier alpha value is -1.60. The summed E-state index contributed by atoms with van der Waals surface area (Å²) in [6.07, 6.45) is 0. The number of rotatable bonds is 5. The van der Waals surface area contributed by atoms with E-state index in [1.807, 2.05) is 0 Å². The van der Waals surface area contributed by atoms with Crippen LogP contribution in [0.25, 0.3) is 0 Å². The quantitative estimate of drug-likeness (QED) is 0.455. The summed E-state index contributed by atoms with van der Waals surface area (Å²) >= 11 is 1.06. The number of carboxylic acids is 1. The summed E-state index contributed by atoms with van der Waals surface area (Å²) in [7, 11) is 0. The lowest BCUT2D eigenvalue weighted by atomic mass is 10.3. The third kappa shape index (κ3) is 3.21. The van der Waals surface area contributed by atoms with Crippen LogP contribution in [-0.2, 0) is 4.79 Å². The van der Waals surface area contributed by atoms with Crippen LogP contribution in [0, 0.1) is 10.1 Å². The van der Waals surface area contributed by atoms with Crippen LogP contribution >= 0.6 is 11.8 Å². The predicted molar refractivity (Wildman–Crippen MR) is 59.4 cm³/mol. The number of nitro groups is 1. The van der Waals surface area contributed by atoms with Crippen LogP contribution in [0.3, 0.4) is 0 Å². The molecular weight excluding hydrogens is 232 g/mol. The number of para-hydroxylation sites is 1. The Balaban J connectivity index is 2.74. The van der Waals surface area contributed by atoms with E-state index in [1.54, 1.807) is 18.2 Å². The van der Waals surface area contributed by atoms with Gasteiger partial charge in [-0.15, -0.1) is 11.8 Å². The van der Waals surface area contributed by atoms with Gasteiger partial charge in [0.15, 0.2) is 0 Å². The van der Waals surface area contributed by atoms with Crippen molar-refractivity contribution in [1.29, 1.82) is 0 Å². The maximum Gasteiger partial charge on any atom is 0.321 e. The van der Waals surface area contributed by atoms with Gasteiger partial charge in [0.05, 0.1) is 9.82 Å². The van der Waals surface area contributed by atoms with Crippen LogP contribution in [0.1, 0.15) is 0 Å². The molecule has 0 amide bonds. The summed E-state index contributed by atoms with van der Waals surface area (Å²) in [5.41, 5.74) is 5.26. The fourth-order valence-electron chi connectivity index (χ4n) is 0.981. The molecule has 1 aromatic carbocycles. The maximum absolute atomic E-state index is 10.6. The summed E-state index contributed by atoms with van der Waals surface area (Å²) in [5, 5.41) is 19.2. The molecule has 0 aliphatic rings. The van der Waals surface area contributed by atoms with E-state index < -0.39 is 16.9 Å². The summed E-state index contributed by atoms with van der Waals surface area (Å²) < 4.78 is 0. The van der Waals surface area contributed by atoms with Gasteiger partial charge < -0.3 is 10.8 Å². The normalized spacial score (nSPS) is 12.1. The average Bonchev–Trinajstić information content (AvgIpc) is 2.25. The van der Waals surface area contributed by atoms with Gasteiger partial charge in [0, 0.05) is 11.8 Å². The van der Waals surface area contributed by atoms with Crippen molar-refractivity contribution in [3.05, 3.63) is 34.4 Å². The molecular formula is C9H10N2O4S. The van der Waals surface area contributed by atoms with Crippen molar-refractivity contribution in [3.63, 3.8) is 0 Å². The molecule has 7 heteroatoms. The molecule has 1 unspecified atom stereocenters. The smallest absolute Gasteiger partial charge is 0.321 e. The Morgan fingerprint density at radius 3 is 2.75 bits per heavy atom. The van der Waals surface area contributed by atoms with Crippen molar-refractivity contribution >= 4 is 23.4 Å². The number of nitrogens with zero attached hydrogens (tertiary/aromatic N) is 1. The Morgan fingerprint density at radius 1 is 1.56 bits per heavy atom. The first-order chi connectivity index (χ1) is 7.52. The standard InChI is InChI=1S/C9H10N2O4S/c10-6(9(12)13)5-16-8-4-2-1-3-7(8)11(14)15/h1-4,6H,5,10H2,(H,12,13). The number of carbonyl (C=O) groups is 1. The van der Waals surface area contributed by atoms with Crippen LogP contribution < -0.4 is 5.73 Å². The minimum absolute atomic E-state index is 0.0370. The van der Waals surface area contributed by atoms with E-state index in [0.717, 1.165) is 11.8 Å². The van der Waals surface area contributed by atoms with Crippen molar-refractivity contribution < 1.29 is 14.8 Å². The Kier molecular flexibility index (Phi) is 4.27. The number of hydrogen-bond acceptors (Lipinski definition) is 5. The summed E-state index contributed by atoms with van der Waals surface area (Å²) in [6, 6.07) is 5.12. The van der Waals surface area contributed by atoms with Gasteiger partial charge in [-0.1, -0.05) is 12.1 Å². The maximum atomic E-state index is 10.6. The van der Waals surface area contributed by atoms with Gasteiger partial charge in [-0.25, -0.2) is 0 Å². The molecule has 86 valence electrons. The Morgan fingerprint density at radius 2 is 2.19 bits per heavy atom. The summed E-state index contributed by atoms with van der Waals surface area (Å²) in [4.78, 5) is 21.0. The first kappa shape index (κ1) is 12.5. The lowest BCUT2D eigenvalue weighted by Gasteiger charge is -2.05. The van der Waals surface area contributed by atoms with Gasteiger partial charge in [0.2, 0.25) is 0 Å². The number of aliphatic carboxylic acids is 1. The largest absolute Gasteiger partial charge is 0.480 e. The van der Waals surface area contributed by atoms with Crippen LogP contribution in [0.5, 0.6) is 0 Å². The van der Waals surface area contributed by atoms with Crippen LogP contribution in [0.2, 0.25) is 0 Å². The SMILES string of the molecule is NC(CSc1ccccc1[N+](=O)[O-])C(=O)O. The van der Waals surface area contributed by atoms with Gasteiger partial charge in [0.25, 0.3) is 5.69 Å². The van der Waals surface area contributed by atoms with Crippen molar-refractivity contribution in [1.82, 2.24) is 0 Å². The predicted octanol–water partition coefficient (Wildman–Crippen LogP) is 1.10. The zero-order valence-corrected chi connectivity index (χ0v) is 9.02. The highest BCUT2D eigenvalue weighted by atomic mass is 32.2. The first-order valence-corrected chi connectivity index (χ1v) is 5.35. The molecule has 0 heterocycles. The van der Waals surface area contributed by atoms with Gasteiger partial charge in [-0.3, -0.25) is 14.9 Å². The van der Waals surface area contributed by atoms with E-state index in [1.165, 1.54) is 6.07 Å². The van der Waals surface area contributed by atoms with E-state index in [0.29, 0.717) is 4.90 Å². The number of nitrogens with two attached hydrogens (primary N) is 1. The number of hydrogen-bond donors (Lipinski definition) is 2. The van der Waals surface area contributed by atoms with Gasteiger partial charge >= 0.3 is 5.97 Å². The highest BCUT2D eigenvalue weighted by Crippen LogP contribution is 2.28. The average molecular weight is 242 g/mol. The van der Waals surface area contributed by atoms with Crippen LogP contribution in [0.15, 0.2) is 29.2 Å². The summed E-state index contributed by atoms with van der Waals surface area (Å²) in [5.74, 6) is -1.02. The minimum atomic E-state index is -1.12. The molecule has 0 saturated carbocycles. The second kappa shape index (κ2) is 5.47. The summed E-state index contributed by atoms with van der Waals surface area (Å²) in [6.45, 7) is 0. The minimum Gasteiger partial charge on any atom is -0.480 e. The van der Waals surface area contributed by atoms with E-state index in [9.17, 15) is 14.9 Å². The number of carboxylic acid groups (broad SMARTS) is 1. The third-order valence-corrected chi connectivity index (χ3v) is 2.98. The third-order valence-electron chi connectivity index (χ3n) is 1.80. The molecule has 0 saturated heterocycles. The fraction of sp³-hybridized carbons (Fsp3) is 0.222. The molecule has 0 aliphatic carbocycles. The number of benzene rings is 1. The molecule has 3 N–H and O–H groups in total. The molecule has 16 heavy (non-hydrogen) atoms. The van der Waals surface area contributed by atoms with Crippen molar-refractivity contribution in [2.45, 2.75) is 10.9 Å². The van der Waals surface area contributed by atoms with Crippen LogP contribution in [-0.4, -0.2) is 27.8 Å². The van der Waals surface area contributed by atoms with Gasteiger partial charge in [-0.2, -0.15) is 0 Å². The molecule has 0 aliphatic heterocycles. The van der Waals surface area contributed by atoms with E-state index >= 15 is 0 Å². The monoisotopic (exact) mass is 242 g/mol. The Bertz CT molecular complexity index is 410. The topological polar surface area (TPSA) is 106 Å². The Labute approximate surface area is 95.6 Å². The number of thioether (sulfide) groups is 1. The highest BCUT2D eigenvalue weighted by Gasteiger charge is 2.16. The van der Waals surface area contributed by atoms with Crippen LogP contribution in [0.4, 0.5) is 5.69 Å². The molecule has 0 radical (unpaired) electrons. The van der Waals surface area contributed by atoms with Gasteiger partial charge in [0.1, 0.15) is 6.04 Å². The first-order valence-electron chi connectivity index (χ1n) is 4.37. The molecule has 1 rings (SSSR count). The van der Waals surface area contributed by atoms with Crippen molar-refractivity contribution in [2.24, 2.45) is 5.73 Å². The second-order valence-electron chi connectivity index (χ2n) is 2.98. The molecule has 1 atom stereocenters. The molecule has 6 nitrogen and oxygen atoms in total. The van der Waals surface area contributed by atoms with E-state index in [-0.39, 0.29) is 11.4 Å². The number of nitro benzene ring substituents is 1. The van der Waals surface area contributed by atoms with E-state index in [2.05, 4.69) is 0 Å². The van der Waals surface area contributed by atoms with E-state index in [4.69, 9.17) is 10.8 Å². The lowest BCUT2D eigenvalue weighted by molar-refractivity contribution is -0.387. The molecule has 0 fully saturated rings. The molecule has 0 aromatic heterocycles. The lowest BCUT2D eigenvalue weighted by Crippen LogP contribution is -2.32. The molecule has 0 bridgehead atoms. The highest BCUT2D eigenvalue weighted by molar-refractivity contribution is 7.99. The molecule has 1 aromatic rings. The van der Waals surface area contributed by atoms with Crippen molar-refractivity contribution in [2.75, 3.05) is 5.75 Å². The second-order valence-corrected chi connectivity index (χ2v) is 4.04. The zero-order chi connectivity index (χ0) is 12.1. The van der Waals surface area contributed by atoms with Gasteiger partial charge in [-0.05, 0) is 6.07 Å². The molecule has 0 spiro atoms. The van der Waals surface area contributed by atoms with Crippen molar-refractivity contribution in [3.8, 4) is 0 Å². The zero-order valence-electron chi connectivity index (χ0n) is 8.20.